The third-order valence-corrected chi connectivity index (χ3v) is 8.41. The summed E-state index contributed by atoms with van der Waals surface area (Å²) in [6, 6.07) is 11.5. The number of rotatable bonds is 6. The van der Waals surface area contributed by atoms with Gasteiger partial charge in [0.2, 0.25) is 0 Å². The van der Waals surface area contributed by atoms with Crippen LogP contribution in [-0.2, 0) is 21.4 Å². The number of hydrogen-bond donors (Lipinski definition) is 0. The Morgan fingerprint density at radius 2 is 2.03 bits per heavy atom. The van der Waals surface area contributed by atoms with Crippen molar-refractivity contribution in [2.45, 2.75) is 39.7 Å². The van der Waals surface area contributed by atoms with Crippen LogP contribution in [0.15, 0.2) is 40.0 Å². The average molecular weight is 551 g/mol. The highest BCUT2D eigenvalue weighted by molar-refractivity contribution is 8.26. The Labute approximate surface area is 231 Å². The van der Waals surface area contributed by atoms with Gasteiger partial charge < -0.3 is 9.64 Å². The van der Waals surface area contributed by atoms with E-state index in [2.05, 4.69) is 0 Å². The molecule has 2 aliphatic rings. The van der Waals surface area contributed by atoms with Crippen LogP contribution in [0.3, 0.4) is 0 Å². The summed E-state index contributed by atoms with van der Waals surface area (Å²) >= 11 is 6.81. The molecular weight excluding hydrogens is 520 g/mol. The molecule has 4 rings (SSSR count). The van der Waals surface area contributed by atoms with E-state index in [-0.39, 0.29) is 29.4 Å². The van der Waals surface area contributed by atoms with Crippen LogP contribution in [0, 0.1) is 24.2 Å². The van der Waals surface area contributed by atoms with Crippen LogP contribution >= 0.6 is 24.0 Å². The molecular formula is C28H30N4O4S2. The Morgan fingerprint density at radius 3 is 2.68 bits per heavy atom. The molecule has 0 aliphatic carbocycles. The zero-order valence-corrected chi connectivity index (χ0v) is 23.5. The number of nitriles is 1. The number of amides is 1. The first-order chi connectivity index (χ1) is 18.2. The molecule has 1 aromatic carbocycles. The molecule has 2 saturated heterocycles. The number of anilines is 1. The van der Waals surface area contributed by atoms with Gasteiger partial charge >= 0.3 is 5.97 Å². The standard InChI is InChI=1S/C28H30N4O4S2/c1-5-36-27(35)20-12-9-13-31(16-20)24-21(17(2)22(15-29)25(33)30(24)4)14-23-26(34)32(28(37)38-23)18(3)19-10-7-6-8-11-19/h6-8,10-11,14,18,20H,5,9,12-13,16H2,1-4H3. The largest absolute Gasteiger partial charge is 0.466 e. The molecule has 0 spiro atoms. The van der Waals surface area contributed by atoms with Crippen molar-refractivity contribution in [3.63, 3.8) is 0 Å². The van der Waals surface area contributed by atoms with Crippen molar-refractivity contribution in [1.82, 2.24) is 9.47 Å². The molecule has 0 radical (unpaired) electrons. The fourth-order valence-electron chi connectivity index (χ4n) is 5.04. The van der Waals surface area contributed by atoms with Crippen LogP contribution in [0.2, 0.25) is 0 Å². The van der Waals surface area contributed by atoms with Gasteiger partial charge in [0.25, 0.3) is 11.5 Å². The third-order valence-electron chi connectivity index (χ3n) is 7.08. The first-order valence-corrected chi connectivity index (χ1v) is 13.8. The number of carbonyl (C=O) groups excluding carboxylic acids is 2. The van der Waals surface area contributed by atoms with E-state index in [1.54, 1.807) is 31.9 Å². The molecule has 1 aromatic heterocycles. The predicted molar refractivity (Wildman–Crippen MR) is 153 cm³/mol. The van der Waals surface area contributed by atoms with E-state index >= 15 is 0 Å². The highest BCUT2D eigenvalue weighted by Crippen LogP contribution is 2.40. The van der Waals surface area contributed by atoms with Gasteiger partial charge in [-0.25, -0.2) is 0 Å². The Morgan fingerprint density at radius 1 is 1.32 bits per heavy atom. The van der Waals surface area contributed by atoms with E-state index in [0.29, 0.717) is 52.3 Å². The number of esters is 1. The van der Waals surface area contributed by atoms with Crippen molar-refractivity contribution < 1.29 is 14.3 Å². The summed E-state index contributed by atoms with van der Waals surface area (Å²) in [4.78, 5) is 43.2. The van der Waals surface area contributed by atoms with Crippen molar-refractivity contribution >= 4 is 52.1 Å². The number of carbonyl (C=O) groups is 2. The Kier molecular flexibility index (Phi) is 8.38. The maximum absolute atomic E-state index is 13.6. The summed E-state index contributed by atoms with van der Waals surface area (Å²) in [5, 5.41) is 9.76. The predicted octanol–water partition coefficient (Wildman–Crippen LogP) is 4.31. The molecule has 198 valence electrons. The second-order valence-electron chi connectivity index (χ2n) is 9.39. The molecule has 3 heterocycles. The lowest BCUT2D eigenvalue weighted by atomic mass is 9.96. The molecule has 2 aromatic rings. The van der Waals surface area contributed by atoms with Gasteiger partial charge in [-0.3, -0.25) is 23.9 Å². The normalized spacial score (nSPS) is 19.6. The molecule has 2 unspecified atom stereocenters. The van der Waals surface area contributed by atoms with Gasteiger partial charge in [0.05, 0.1) is 23.5 Å². The number of pyridine rings is 1. The minimum Gasteiger partial charge on any atom is -0.466 e. The lowest BCUT2D eigenvalue weighted by molar-refractivity contribution is -0.148. The maximum Gasteiger partial charge on any atom is 0.310 e. The van der Waals surface area contributed by atoms with Crippen LogP contribution in [-0.4, -0.2) is 45.4 Å². The average Bonchev–Trinajstić information content (AvgIpc) is 3.20. The zero-order chi connectivity index (χ0) is 27.6. The number of aromatic nitrogens is 1. The van der Waals surface area contributed by atoms with Crippen molar-refractivity contribution in [2.75, 3.05) is 24.6 Å². The first-order valence-electron chi connectivity index (χ1n) is 12.6. The minimum atomic E-state index is -0.416. The van der Waals surface area contributed by atoms with Crippen LogP contribution in [0.5, 0.6) is 0 Å². The number of nitrogens with zero attached hydrogens (tertiary/aromatic N) is 4. The molecule has 0 bridgehead atoms. The summed E-state index contributed by atoms with van der Waals surface area (Å²) in [5.41, 5.74) is 1.66. The first kappa shape index (κ1) is 27.6. The molecule has 0 N–H and O–H groups in total. The second-order valence-corrected chi connectivity index (χ2v) is 11.1. The van der Waals surface area contributed by atoms with Crippen LogP contribution in [0.4, 0.5) is 5.82 Å². The highest BCUT2D eigenvalue weighted by Gasteiger charge is 2.37. The molecule has 0 saturated carbocycles. The van der Waals surface area contributed by atoms with Gasteiger partial charge in [-0.05, 0) is 50.8 Å². The van der Waals surface area contributed by atoms with Gasteiger partial charge in [0.1, 0.15) is 21.8 Å². The minimum absolute atomic E-state index is 0.0228. The smallest absolute Gasteiger partial charge is 0.310 e. The van der Waals surface area contributed by atoms with Crippen LogP contribution in [0.1, 0.15) is 55.0 Å². The Hall–Kier alpha value is -3.42. The Balaban J connectivity index is 1.78. The lowest BCUT2D eigenvalue weighted by Gasteiger charge is -2.35. The lowest BCUT2D eigenvalue weighted by Crippen LogP contribution is -2.42. The van der Waals surface area contributed by atoms with Gasteiger partial charge in [-0.1, -0.05) is 54.3 Å². The number of hydrogen-bond acceptors (Lipinski definition) is 8. The van der Waals surface area contributed by atoms with Crippen LogP contribution in [0.25, 0.3) is 6.08 Å². The SMILES string of the molecule is CCOC(=O)C1CCCN(c2c(C=C3SC(=S)N(C(C)c4ccccc4)C3=O)c(C)c(C#N)c(=O)n2C)C1. The van der Waals surface area contributed by atoms with E-state index < -0.39 is 5.56 Å². The summed E-state index contributed by atoms with van der Waals surface area (Å²) < 4.78 is 7.15. The number of benzene rings is 1. The summed E-state index contributed by atoms with van der Waals surface area (Å²) in [6.45, 7) is 6.74. The quantitative estimate of drug-likeness (QED) is 0.298. The van der Waals surface area contributed by atoms with Gasteiger partial charge in [-0.2, -0.15) is 5.26 Å². The fraction of sp³-hybridized carbons (Fsp3) is 0.393. The molecule has 2 atom stereocenters. The molecule has 2 aliphatic heterocycles. The van der Waals surface area contributed by atoms with Crippen molar-refractivity contribution in [1.29, 1.82) is 5.26 Å². The van der Waals surface area contributed by atoms with E-state index in [1.807, 2.05) is 48.2 Å². The zero-order valence-electron chi connectivity index (χ0n) is 21.9. The molecule has 10 heteroatoms. The molecule has 38 heavy (non-hydrogen) atoms. The number of thiocarbonyl (C=S) groups is 1. The summed E-state index contributed by atoms with van der Waals surface area (Å²) in [5.74, 6) is -0.239. The topological polar surface area (TPSA) is 95.6 Å². The van der Waals surface area contributed by atoms with Crippen molar-refractivity contribution in [3.05, 3.63) is 67.8 Å². The summed E-state index contributed by atoms with van der Waals surface area (Å²) in [6.07, 6.45) is 3.17. The van der Waals surface area contributed by atoms with E-state index in [0.717, 1.165) is 12.0 Å². The number of ether oxygens (including phenoxy) is 1. The Bertz CT molecular complexity index is 1410. The fourth-order valence-corrected chi connectivity index (χ4v) is 6.44. The van der Waals surface area contributed by atoms with Gasteiger partial charge in [0, 0.05) is 25.7 Å². The van der Waals surface area contributed by atoms with Crippen molar-refractivity contribution in [3.8, 4) is 6.07 Å². The van der Waals surface area contributed by atoms with Crippen molar-refractivity contribution in [2.24, 2.45) is 13.0 Å². The second kappa shape index (κ2) is 11.5. The summed E-state index contributed by atoms with van der Waals surface area (Å²) in [7, 11) is 1.62. The molecule has 2 fully saturated rings. The van der Waals surface area contributed by atoms with E-state index in [4.69, 9.17) is 17.0 Å². The third kappa shape index (κ3) is 5.13. The van der Waals surface area contributed by atoms with Crippen LogP contribution < -0.4 is 10.5 Å². The van der Waals surface area contributed by atoms with Gasteiger partial charge in [0.15, 0.2) is 0 Å². The van der Waals surface area contributed by atoms with E-state index in [9.17, 15) is 19.6 Å². The van der Waals surface area contributed by atoms with E-state index in [1.165, 1.54) is 16.3 Å². The number of thioether (sulfide) groups is 1. The van der Waals surface area contributed by atoms with Gasteiger partial charge in [-0.15, -0.1) is 0 Å². The monoisotopic (exact) mass is 550 g/mol. The highest BCUT2D eigenvalue weighted by atomic mass is 32.2. The molecule has 1 amide bonds. The number of piperidine rings is 1. The molecule has 8 nitrogen and oxygen atoms in total. The maximum atomic E-state index is 13.6.